The summed E-state index contributed by atoms with van der Waals surface area (Å²) < 4.78 is 28.7. The van der Waals surface area contributed by atoms with E-state index in [1.807, 2.05) is 0 Å². The molecular weight excluding hydrogens is 384 g/mol. The molecule has 1 aromatic heterocycles. The van der Waals surface area contributed by atoms with Crippen LogP contribution in [-0.4, -0.2) is 58.6 Å². The van der Waals surface area contributed by atoms with Gasteiger partial charge in [0.1, 0.15) is 23.4 Å². The molecule has 1 aliphatic rings. The van der Waals surface area contributed by atoms with Crippen molar-refractivity contribution in [3.05, 3.63) is 41.6 Å². The number of hydrogen-bond donors (Lipinski definition) is 2. The van der Waals surface area contributed by atoms with Gasteiger partial charge in [0.15, 0.2) is 0 Å². The summed E-state index contributed by atoms with van der Waals surface area (Å²) in [6.07, 6.45) is 2.66. The van der Waals surface area contributed by atoms with E-state index in [-0.39, 0.29) is 35.2 Å². The van der Waals surface area contributed by atoms with Gasteiger partial charge in [0.25, 0.3) is 5.91 Å². The number of aryl methyl sites for hydroxylation is 1. The van der Waals surface area contributed by atoms with Crippen molar-refractivity contribution >= 4 is 17.7 Å². The third-order valence-electron chi connectivity index (χ3n) is 4.78. The van der Waals surface area contributed by atoms with Crippen LogP contribution in [0.2, 0.25) is 0 Å². The van der Waals surface area contributed by atoms with Crippen LogP contribution in [0.1, 0.15) is 23.2 Å². The lowest BCUT2D eigenvalue weighted by Gasteiger charge is -2.23. The van der Waals surface area contributed by atoms with E-state index < -0.39 is 23.6 Å². The van der Waals surface area contributed by atoms with Gasteiger partial charge in [-0.2, -0.15) is 5.10 Å². The highest BCUT2D eigenvalue weighted by atomic mass is 19.1. The summed E-state index contributed by atoms with van der Waals surface area (Å²) in [5, 5.41) is 9.11. The van der Waals surface area contributed by atoms with Crippen molar-refractivity contribution in [1.82, 2.24) is 25.3 Å². The zero-order chi connectivity index (χ0) is 21.1. The fourth-order valence-electron chi connectivity index (χ4n) is 3.39. The first-order valence-electron chi connectivity index (χ1n) is 9.10. The molecule has 0 spiro atoms. The highest BCUT2D eigenvalue weighted by Gasteiger charge is 2.33. The Balaban J connectivity index is 1.73. The fourth-order valence-corrected chi connectivity index (χ4v) is 3.39. The molecule has 3 amide bonds. The second kappa shape index (κ2) is 8.38. The van der Waals surface area contributed by atoms with E-state index >= 15 is 0 Å². The minimum absolute atomic E-state index is 0.0253. The van der Waals surface area contributed by atoms with Gasteiger partial charge in [-0.25, -0.2) is 8.78 Å². The minimum atomic E-state index is -0.848. The van der Waals surface area contributed by atoms with Gasteiger partial charge in [0, 0.05) is 38.5 Å². The third kappa shape index (κ3) is 4.25. The molecule has 0 radical (unpaired) electrons. The van der Waals surface area contributed by atoms with Crippen molar-refractivity contribution in [2.24, 2.45) is 7.05 Å². The Hall–Kier alpha value is -3.30. The maximum Gasteiger partial charge on any atom is 0.255 e. The number of likely N-dealkylation sites (N-methyl/N-ethyl adjacent to an activating group) is 1. The number of amides is 3. The molecule has 2 aromatic rings. The lowest BCUT2D eigenvalue weighted by molar-refractivity contribution is -0.137. The summed E-state index contributed by atoms with van der Waals surface area (Å²) in [5.41, 5.74) is 0.0668. The van der Waals surface area contributed by atoms with Crippen LogP contribution in [-0.2, 0) is 16.6 Å². The van der Waals surface area contributed by atoms with Crippen LogP contribution in [0.25, 0.3) is 11.3 Å². The highest BCUT2D eigenvalue weighted by Crippen LogP contribution is 2.25. The standard InChI is InChI=1S/C19H21F2N5O3/c1-22-19(29)15-4-3-7-26(15)16(27)9-23-18(28)13-10-25(2)24-17(13)12-6-5-11(20)8-14(12)21/h5-6,8,10,15H,3-4,7,9H2,1-2H3,(H,22,29)(H,23,28). The monoisotopic (exact) mass is 405 g/mol. The Kier molecular flexibility index (Phi) is 5.90. The number of rotatable bonds is 5. The summed E-state index contributed by atoms with van der Waals surface area (Å²) in [7, 11) is 3.06. The normalized spacial score (nSPS) is 16.0. The number of nitrogens with zero attached hydrogens (tertiary/aromatic N) is 3. The second-order valence-electron chi connectivity index (χ2n) is 6.73. The third-order valence-corrected chi connectivity index (χ3v) is 4.78. The summed E-state index contributed by atoms with van der Waals surface area (Å²) >= 11 is 0. The molecule has 154 valence electrons. The lowest BCUT2D eigenvalue weighted by Crippen LogP contribution is -2.48. The Morgan fingerprint density at radius 1 is 1.28 bits per heavy atom. The molecule has 2 heterocycles. The van der Waals surface area contributed by atoms with Crippen molar-refractivity contribution in [2.45, 2.75) is 18.9 Å². The van der Waals surface area contributed by atoms with Crippen LogP contribution < -0.4 is 10.6 Å². The van der Waals surface area contributed by atoms with Crippen molar-refractivity contribution in [3.63, 3.8) is 0 Å². The average molecular weight is 405 g/mol. The highest BCUT2D eigenvalue weighted by molar-refractivity contribution is 6.01. The van der Waals surface area contributed by atoms with E-state index in [9.17, 15) is 23.2 Å². The van der Waals surface area contributed by atoms with Crippen molar-refractivity contribution in [1.29, 1.82) is 0 Å². The molecule has 2 N–H and O–H groups in total. The summed E-state index contributed by atoms with van der Waals surface area (Å²) in [4.78, 5) is 38.4. The maximum atomic E-state index is 14.1. The van der Waals surface area contributed by atoms with Crippen LogP contribution in [0, 0.1) is 11.6 Å². The Morgan fingerprint density at radius 2 is 2.03 bits per heavy atom. The number of carbonyl (C=O) groups is 3. The molecule has 0 saturated carbocycles. The maximum absolute atomic E-state index is 14.1. The average Bonchev–Trinajstić information content (AvgIpc) is 3.32. The second-order valence-corrected chi connectivity index (χ2v) is 6.73. The zero-order valence-corrected chi connectivity index (χ0v) is 16.0. The first-order chi connectivity index (χ1) is 13.8. The molecule has 1 aliphatic heterocycles. The zero-order valence-electron chi connectivity index (χ0n) is 16.0. The fraction of sp³-hybridized carbons (Fsp3) is 0.368. The van der Waals surface area contributed by atoms with Crippen molar-refractivity contribution in [3.8, 4) is 11.3 Å². The predicted octanol–water partition coefficient (Wildman–Crippen LogP) is 0.832. The van der Waals surface area contributed by atoms with E-state index in [4.69, 9.17) is 0 Å². The van der Waals surface area contributed by atoms with Gasteiger partial charge >= 0.3 is 0 Å². The van der Waals surface area contributed by atoms with E-state index in [1.54, 1.807) is 7.05 Å². The van der Waals surface area contributed by atoms with Gasteiger partial charge in [-0.05, 0) is 25.0 Å². The van der Waals surface area contributed by atoms with Crippen LogP contribution in [0.4, 0.5) is 8.78 Å². The van der Waals surface area contributed by atoms with Crippen LogP contribution in [0.5, 0.6) is 0 Å². The number of halogens is 2. The summed E-state index contributed by atoms with van der Waals surface area (Å²) in [6, 6.07) is 2.44. The first kappa shape index (κ1) is 20.4. The topological polar surface area (TPSA) is 96.3 Å². The minimum Gasteiger partial charge on any atom is -0.357 e. The van der Waals surface area contributed by atoms with Gasteiger partial charge in [-0.15, -0.1) is 0 Å². The number of carbonyl (C=O) groups excluding carboxylic acids is 3. The molecule has 10 heteroatoms. The number of aromatic nitrogens is 2. The quantitative estimate of drug-likeness (QED) is 0.770. The van der Waals surface area contributed by atoms with E-state index in [1.165, 1.54) is 28.9 Å². The SMILES string of the molecule is CNC(=O)C1CCCN1C(=O)CNC(=O)c1cn(C)nc1-c1ccc(F)cc1F. The molecule has 1 atom stereocenters. The first-order valence-corrected chi connectivity index (χ1v) is 9.10. The Labute approximate surface area is 165 Å². The summed E-state index contributed by atoms with van der Waals surface area (Å²) in [5.74, 6) is -2.85. The van der Waals surface area contributed by atoms with Gasteiger partial charge in [-0.1, -0.05) is 0 Å². The van der Waals surface area contributed by atoms with Crippen LogP contribution in [0.15, 0.2) is 24.4 Å². The number of benzene rings is 1. The molecule has 8 nitrogen and oxygen atoms in total. The molecule has 29 heavy (non-hydrogen) atoms. The van der Waals surface area contributed by atoms with Gasteiger partial charge in [0.2, 0.25) is 11.8 Å². The molecule has 0 bridgehead atoms. The van der Waals surface area contributed by atoms with Gasteiger partial charge in [0.05, 0.1) is 12.1 Å². The summed E-state index contributed by atoms with van der Waals surface area (Å²) in [6.45, 7) is 0.123. The molecule has 0 aliphatic carbocycles. The van der Waals surface area contributed by atoms with E-state index in [0.717, 1.165) is 6.07 Å². The number of hydrogen-bond acceptors (Lipinski definition) is 4. The van der Waals surface area contributed by atoms with E-state index in [2.05, 4.69) is 15.7 Å². The molecule has 3 rings (SSSR count). The number of likely N-dealkylation sites (tertiary alicyclic amines) is 1. The van der Waals surface area contributed by atoms with Crippen LogP contribution in [0.3, 0.4) is 0 Å². The largest absolute Gasteiger partial charge is 0.357 e. The smallest absolute Gasteiger partial charge is 0.255 e. The van der Waals surface area contributed by atoms with E-state index in [0.29, 0.717) is 25.5 Å². The Morgan fingerprint density at radius 3 is 2.72 bits per heavy atom. The molecule has 1 saturated heterocycles. The molecule has 1 aromatic carbocycles. The van der Waals surface area contributed by atoms with Crippen molar-refractivity contribution in [2.75, 3.05) is 20.1 Å². The van der Waals surface area contributed by atoms with Gasteiger partial charge < -0.3 is 15.5 Å². The Bertz CT molecular complexity index is 959. The lowest BCUT2D eigenvalue weighted by atomic mass is 10.1. The molecule has 1 unspecified atom stereocenters. The van der Waals surface area contributed by atoms with Crippen molar-refractivity contribution < 1.29 is 23.2 Å². The van der Waals surface area contributed by atoms with Gasteiger partial charge in [-0.3, -0.25) is 19.1 Å². The predicted molar refractivity (Wildman–Crippen MR) is 99.7 cm³/mol. The molecule has 1 fully saturated rings. The van der Waals surface area contributed by atoms with Crippen LogP contribution >= 0.6 is 0 Å². The number of nitrogens with one attached hydrogen (secondary N) is 2. The molecular formula is C19H21F2N5O3.